The van der Waals surface area contributed by atoms with Gasteiger partial charge in [0.05, 0.1) is 6.10 Å². The van der Waals surface area contributed by atoms with Crippen LogP contribution in [-0.2, 0) is 4.74 Å². The molecule has 1 aliphatic carbocycles. The van der Waals surface area contributed by atoms with Gasteiger partial charge in [-0.25, -0.2) is 4.79 Å². The van der Waals surface area contributed by atoms with E-state index in [9.17, 15) is 9.90 Å². The van der Waals surface area contributed by atoms with Crippen LogP contribution in [0.4, 0.5) is 4.79 Å². The molecule has 1 fully saturated rings. The fourth-order valence-corrected chi connectivity index (χ4v) is 2.27. The first-order chi connectivity index (χ1) is 8.76. The Labute approximate surface area is 116 Å². The van der Waals surface area contributed by atoms with Crippen LogP contribution in [0.2, 0.25) is 0 Å². The molecule has 1 saturated carbocycles. The van der Waals surface area contributed by atoms with Gasteiger partial charge < -0.3 is 20.5 Å². The lowest BCUT2D eigenvalue weighted by atomic mass is 10.2. The molecule has 1 aliphatic rings. The average Bonchev–Trinajstić information content (AvgIpc) is 2.61. The van der Waals surface area contributed by atoms with Gasteiger partial charge in [0.25, 0.3) is 0 Å². The third-order valence-electron chi connectivity index (χ3n) is 3.15. The molecule has 3 N–H and O–H groups in total. The molecule has 0 aromatic heterocycles. The fourth-order valence-electron chi connectivity index (χ4n) is 2.27. The number of carbonyl (C=O) groups excluding carboxylic acids is 1. The Kier molecular flexibility index (Phi) is 6.07. The molecule has 19 heavy (non-hydrogen) atoms. The average molecular weight is 272 g/mol. The number of aliphatic hydroxyl groups is 1. The molecule has 0 aliphatic heterocycles. The Hall–Kier alpha value is -0.810. The molecule has 0 spiro atoms. The summed E-state index contributed by atoms with van der Waals surface area (Å²) in [4.78, 5) is 11.6. The van der Waals surface area contributed by atoms with E-state index in [1.165, 1.54) is 0 Å². The van der Waals surface area contributed by atoms with E-state index in [1.54, 1.807) is 6.92 Å². The maximum Gasteiger partial charge on any atom is 0.407 e. The topological polar surface area (TPSA) is 70.6 Å². The van der Waals surface area contributed by atoms with E-state index in [4.69, 9.17) is 4.74 Å². The zero-order valence-electron chi connectivity index (χ0n) is 12.5. The van der Waals surface area contributed by atoms with Crippen LogP contribution in [0.5, 0.6) is 0 Å². The first-order valence-electron chi connectivity index (χ1n) is 7.17. The molecule has 5 heteroatoms. The summed E-state index contributed by atoms with van der Waals surface area (Å²) in [6, 6.07) is 0.623. The van der Waals surface area contributed by atoms with E-state index in [1.807, 2.05) is 20.8 Å². The van der Waals surface area contributed by atoms with Crippen molar-refractivity contribution in [3.8, 4) is 0 Å². The maximum atomic E-state index is 11.6. The summed E-state index contributed by atoms with van der Waals surface area (Å²) in [6.45, 7) is 8.20. The summed E-state index contributed by atoms with van der Waals surface area (Å²) in [5.41, 5.74) is -0.447. The van der Waals surface area contributed by atoms with E-state index < -0.39 is 5.60 Å². The summed E-state index contributed by atoms with van der Waals surface area (Å²) < 4.78 is 5.24. The van der Waals surface area contributed by atoms with Crippen LogP contribution >= 0.6 is 0 Å². The predicted octanol–water partition coefficient (Wildman–Crippen LogP) is 1.79. The number of alkyl carbamates (subject to hydrolysis) is 1. The number of rotatable bonds is 5. The molecular weight excluding hydrogens is 244 g/mol. The number of hydrogen-bond acceptors (Lipinski definition) is 4. The second kappa shape index (κ2) is 7.10. The largest absolute Gasteiger partial charge is 0.444 e. The van der Waals surface area contributed by atoms with Gasteiger partial charge in [0, 0.05) is 12.1 Å². The Morgan fingerprint density at radius 3 is 2.58 bits per heavy atom. The highest BCUT2D eigenvalue weighted by Crippen LogP contribution is 2.19. The Balaban J connectivity index is 2.19. The number of hydrogen-bond donors (Lipinski definition) is 3. The highest BCUT2D eigenvalue weighted by Gasteiger charge is 2.27. The minimum absolute atomic E-state index is 0.193. The summed E-state index contributed by atoms with van der Waals surface area (Å²) in [7, 11) is 0. The molecule has 0 radical (unpaired) electrons. The van der Waals surface area contributed by atoms with Crippen molar-refractivity contribution in [3.05, 3.63) is 0 Å². The summed E-state index contributed by atoms with van der Waals surface area (Å²) in [5, 5.41) is 15.5. The number of aliphatic hydroxyl groups excluding tert-OH is 1. The van der Waals surface area contributed by atoms with Crippen molar-refractivity contribution in [2.45, 2.75) is 77.2 Å². The summed E-state index contributed by atoms with van der Waals surface area (Å²) in [6.07, 6.45) is 3.14. The van der Waals surface area contributed by atoms with Crippen molar-refractivity contribution in [1.82, 2.24) is 10.6 Å². The molecule has 3 atom stereocenters. The van der Waals surface area contributed by atoms with Gasteiger partial charge in [-0.15, -0.1) is 0 Å². The summed E-state index contributed by atoms with van der Waals surface area (Å²) in [5.74, 6) is 0. The van der Waals surface area contributed by atoms with Crippen LogP contribution in [0.25, 0.3) is 0 Å². The first kappa shape index (κ1) is 16.2. The van der Waals surface area contributed by atoms with Gasteiger partial charge in [0.15, 0.2) is 0 Å². The van der Waals surface area contributed by atoms with E-state index in [-0.39, 0.29) is 18.2 Å². The number of amides is 1. The van der Waals surface area contributed by atoms with Gasteiger partial charge >= 0.3 is 6.09 Å². The fraction of sp³-hybridized carbons (Fsp3) is 0.929. The lowest BCUT2D eigenvalue weighted by Gasteiger charge is -2.22. The van der Waals surface area contributed by atoms with Crippen LogP contribution in [0, 0.1) is 0 Å². The Morgan fingerprint density at radius 2 is 2.00 bits per heavy atom. The van der Waals surface area contributed by atoms with Crippen LogP contribution in [0.1, 0.15) is 53.4 Å². The van der Waals surface area contributed by atoms with Crippen molar-refractivity contribution < 1.29 is 14.6 Å². The van der Waals surface area contributed by atoms with Crippen LogP contribution in [0.15, 0.2) is 0 Å². The number of ether oxygens (including phenoxy) is 1. The normalized spacial score (nSPS) is 25.1. The maximum absolute atomic E-state index is 11.6. The third kappa shape index (κ3) is 7.38. The molecular formula is C14H28N2O3. The first-order valence-corrected chi connectivity index (χ1v) is 7.17. The highest BCUT2D eigenvalue weighted by molar-refractivity contribution is 5.68. The second-order valence-corrected chi connectivity index (χ2v) is 6.44. The molecule has 1 amide bonds. The van der Waals surface area contributed by atoms with Gasteiger partial charge in [-0.05, 0) is 59.9 Å². The quantitative estimate of drug-likeness (QED) is 0.713. The monoisotopic (exact) mass is 272 g/mol. The minimum Gasteiger partial charge on any atom is -0.444 e. The van der Waals surface area contributed by atoms with Crippen molar-refractivity contribution in [2.24, 2.45) is 0 Å². The van der Waals surface area contributed by atoms with Crippen molar-refractivity contribution >= 4 is 6.09 Å². The van der Waals surface area contributed by atoms with Gasteiger partial charge in [-0.3, -0.25) is 0 Å². The summed E-state index contributed by atoms with van der Waals surface area (Å²) >= 11 is 0. The van der Waals surface area contributed by atoms with Crippen LogP contribution in [-0.4, -0.2) is 41.5 Å². The van der Waals surface area contributed by atoms with Crippen molar-refractivity contribution in [1.29, 1.82) is 0 Å². The molecule has 1 rings (SSSR count). The third-order valence-corrected chi connectivity index (χ3v) is 3.15. The predicted molar refractivity (Wildman–Crippen MR) is 75.1 cm³/mol. The van der Waals surface area contributed by atoms with E-state index in [0.717, 1.165) is 32.2 Å². The Bertz CT molecular complexity index is 287. The molecule has 0 aromatic rings. The molecule has 0 heterocycles. The van der Waals surface area contributed by atoms with E-state index in [0.29, 0.717) is 6.04 Å². The standard InChI is InChI=1S/C14H28N2O3/c1-10(17)7-8-15-11-5-6-12(9-11)16-13(18)19-14(2,3)4/h10-12,15,17H,5-9H2,1-4H3,(H,16,18). The van der Waals surface area contributed by atoms with E-state index >= 15 is 0 Å². The zero-order valence-corrected chi connectivity index (χ0v) is 12.5. The molecule has 3 unspecified atom stereocenters. The van der Waals surface area contributed by atoms with Gasteiger partial charge in [0.1, 0.15) is 5.60 Å². The second-order valence-electron chi connectivity index (χ2n) is 6.44. The number of carbonyl (C=O) groups is 1. The lowest BCUT2D eigenvalue weighted by Crippen LogP contribution is -2.39. The number of nitrogens with one attached hydrogen (secondary N) is 2. The molecule has 112 valence electrons. The van der Waals surface area contributed by atoms with E-state index in [2.05, 4.69) is 10.6 Å². The van der Waals surface area contributed by atoms with Crippen molar-refractivity contribution in [2.75, 3.05) is 6.54 Å². The zero-order chi connectivity index (χ0) is 14.5. The molecule has 0 aromatic carbocycles. The lowest BCUT2D eigenvalue weighted by molar-refractivity contribution is 0.0505. The Morgan fingerprint density at radius 1 is 1.37 bits per heavy atom. The molecule has 0 bridgehead atoms. The smallest absolute Gasteiger partial charge is 0.407 e. The highest BCUT2D eigenvalue weighted by atomic mass is 16.6. The minimum atomic E-state index is -0.447. The van der Waals surface area contributed by atoms with Crippen molar-refractivity contribution in [3.63, 3.8) is 0 Å². The van der Waals surface area contributed by atoms with Gasteiger partial charge in [-0.1, -0.05) is 0 Å². The van der Waals surface area contributed by atoms with Crippen LogP contribution in [0.3, 0.4) is 0 Å². The van der Waals surface area contributed by atoms with Gasteiger partial charge in [-0.2, -0.15) is 0 Å². The molecule has 0 saturated heterocycles. The molecule has 5 nitrogen and oxygen atoms in total. The van der Waals surface area contributed by atoms with Crippen LogP contribution < -0.4 is 10.6 Å². The van der Waals surface area contributed by atoms with Gasteiger partial charge in [0.2, 0.25) is 0 Å². The SMILES string of the molecule is CC(O)CCNC1CCC(NC(=O)OC(C)(C)C)C1.